The summed E-state index contributed by atoms with van der Waals surface area (Å²) in [6.07, 6.45) is 3.94. The van der Waals surface area contributed by atoms with Crippen LogP contribution >= 0.6 is 11.3 Å². The van der Waals surface area contributed by atoms with Crippen LogP contribution in [0.15, 0.2) is 12.4 Å². The van der Waals surface area contributed by atoms with Gasteiger partial charge in [-0.15, -0.1) is 11.3 Å². The Balaban J connectivity index is 2.69. The van der Waals surface area contributed by atoms with Gasteiger partial charge < -0.3 is 0 Å². The molecule has 0 aliphatic carbocycles. The van der Waals surface area contributed by atoms with Crippen LogP contribution in [0.4, 0.5) is 0 Å². The standard InChI is InChI=1S/C11H16N2S/c1-7(2)9-10(8(3)4)14-11-12-5-6-13(9)11/h5-8H,1-4H3. The van der Waals surface area contributed by atoms with Crippen LogP contribution < -0.4 is 0 Å². The normalized spacial score (nSPS) is 12.1. The molecule has 2 heterocycles. The molecule has 0 N–H and O–H groups in total. The molecule has 14 heavy (non-hydrogen) atoms. The molecule has 2 aromatic rings. The minimum absolute atomic E-state index is 0.565. The minimum Gasteiger partial charge on any atom is -0.294 e. The summed E-state index contributed by atoms with van der Waals surface area (Å²) in [7, 11) is 0. The Kier molecular flexibility index (Phi) is 2.35. The predicted molar refractivity (Wildman–Crippen MR) is 61.2 cm³/mol. The third kappa shape index (κ3) is 1.36. The first kappa shape index (κ1) is 9.71. The average Bonchev–Trinajstić information content (AvgIpc) is 2.58. The maximum Gasteiger partial charge on any atom is 0.194 e. The first-order valence-electron chi connectivity index (χ1n) is 5.07. The van der Waals surface area contributed by atoms with Crippen LogP contribution in [-0.4, -0.2) is 9.38 Å². The number of imidazole rings is 1. The largest absolute Gasteiger partial charge is 0.294 e. The number of thiazole rings is 1. The van der Waals surface area contributed by atoms with Gasteiger partial charge in [-0.25, -0.2) is 4.98 Å². The molecule has 0 aromatic carbocycles. The predicted octanol–water partition coefficient (Wildman–Crippen LogP) is 3.64. The van der Waals surface area contributed by atoms with Crippen molar-refractivity contribution in [3.8, 4) is 0 Å². The van der Waals surface area contributed by atoms with E-state index in [1.807, 2.05) is 17.5 Å². The van der Waals surface area contributed by atoms with E-state index < -0.39 is 0 Å². The average molecular weight is 208 g/mol. The second kappa shape index (κ2) is 3.39. The molecule has 2 rings (SSSR count). The Morgan fingerprint density at radius 2 is 1.93 bits per heavy atom. The molecule has 0 spiro atoms. The fourth-order valence-electron chi connectivity index (χ4n) is 1.79. The molecule has 0 aliphatic rings. The third-order valence-electron chi connectivity index (χ3n) is 2.39. The van der Waals surface area contributed by atoms with Crippen molar-refractivity contribution in [1.82, 2.24) is 9.38 Å². The fraction of sp³-hybridized carbons (Fsp3) is 0.545. The maximum absolute atomic E-state index is 4.35. The zero-order valence-electron chi connectivity index (χ0n) is 9.11. The molecule has 0 radical (unpaired) electrons. The van der Waals surface area contributed by atoms with Crippen molar-refractivity contribution in [3.63, 3.8) is 0 Å². The number of rotatable bonds is 2. The molecule has 2 nitrogen and oxygen atoms in total. The lowest BCUT2D eigenvalue weighted by Gasteiger charge is -2.09. The maximum atomic E-state index is 4.35. The summed E-state index contributed by atoms with van der Waals surface area (Å²) >= 11 is 1.82. The van der Waals surface area contributed by atoms with Crippen LogP contribution in [0.25, 0.3) is 4.96 Å². The van der Waals surface area contributed by atoms with E-state index in [9.17, 15) is 0 Å². The lowest BCUT2D eigenvalue weighted by molar-refractivity contribution is 0.764. The molecular weight excluding hydrogens is 192 g/mol. The van der Waals surface area contributed by atoms with E-state index in [4.69, 9.17) is 0 Å². The summed E-state index contributed by atoms with van der Waals surface area (Å²) in [5.41, 5.74) is 1.43. The third-order valence-corrected chi connectivity index (χ3v) is 3.78. The summed E-state index contributed by atoms with van der Waals surface area (Å²) < 4.78 is 2.23. The molecule has 0 saturated heterocycles. The van der Waals surface area contributed by atoms with Crippen molar-refractivity contribution in [1.29, 1.82) is 0 Å². The number of hydrogen-bond acceptors (Lipinski definition) is 2. The van der Waals surface area contributed by atoms with Gasteiger partial charge in [0.1, 0.15) is 0 Å². The summed E-state index contributed by atoms with van der Waals surface area (Å²) in [6, 6.07) is 0. The lowest BCUT2D eigenvalue weighted by Crippen LogP contribution is -1.98. The van der Waals surface area contributed by atoms with E-state index in [1.165, 1.54) is 10.6 Å². The van der Waals surface area contributed by atoms with Gasteiger partial charge >= 0.3 is 0 Å². The van der Waals surface area contributed by atoms with Gasteiger partial charge in [0.15, 0.2) is 4.96 Å². The smallest absolute Gasteiger partial charge is 0.194 e. The summed E-state index contributed by atoms with van der Waals surface area (Å²) in [5.74, 6) is 1.16. The van der Waals surface area contributed by atoms with Crippen LogP contribution in [-0.2, 0) is 0 Å². The second-order valence-corrected chi connectivity index (χ2v) is 5.25. The van der Waals surface area contributed by atoms with Crippen molar-refractivity contribution in [2.45, 2.75) is 39.5 Å². The molecule has 0 aliphatic heterocycles. The van der Waals surface area contributed by atoms with Crippen LogP contribution in [0, 0.1) is 0 Å². The van der Waals surface area contributed by atoms with Crippen molar-refractivity contribution >= 4 is 16.3 Å². The van der Waals surface area contributed by atoms with E-state index in [-0.39, 0.29) is 0 Å². The topological polar surface area (TPSA) is 17.3 Å². The SMILES string of the molecule is CC(C)c1sc2nccn2c1C(C)C. The molecule has 0 saturated carbocycles. The quantitative estimate of drug-likeness (QED) is 0.736. The molecule has 0 bridgehead atoms. The van der Waals surface area contributed by atoms with Crippen LogP contribution in [0.5, 0.6) is 0 Å². The number of hydrogen-bond donors (Lipinski definition) is 0. The van der Waals surface area contributed by atoms with Gasteiger partial charge in [-0.2, -0.15) is 0 Å². The highest BCUT2D eigenvalue weighted by molar-refractivity contribution is 7.17. The van der Waals surface area contributed by atoms with E-state index in [2.05, 4.69) is 43.3 Å². The van der Waals surface area contributed by atoms with Crippen molar-refractivity contribution < 1.29 is 0 Å². The zero-order valence-corrected chi connectivity index (χ0v) is 9.93. The summed E-state index contributed by atoms with van der Waals surface area (Å²) in [4.78, 5) is 6.94. The van der Waals surface area contributed by atoms with E-state index >= 15 is 0 Å². The van der Waals surface area contributed by atoms with Crippen LogP contribution in [0.3, 0.4) is 0 Å². The van der Waals surface area contributed by atoms with Gasteiger partial charge in [-0.1, -0.05) is 27.7 Å². The Morgan fingerprint density at radius 1 is 1.21 bits per heavy atom. The molecule has 0 fully saturated rings. The molecule has 76 valence electrons. The monoisotopic (exact) mass is 208 g/mol. The van der Waals surface area contributed by atoms with Crippen molar-refractivity contribution in [2.75, 3.05) is 0 Å². The van der Waals surface area contributed by atoms with Gasteiger partial charge in [0.2, 0.25) is 0 Å². The van der Waals surface area contributed by atoms with E-state index in [0.29, 0.717) is 11.8 Å². The van der Waals surface area contributed by atoms with Crippen LogP contribution in [0.1, 0.15) is 50.1 Å². The first-order valence-corrected chi connectivity index (χ1v) is 5.88. The summed E-state index contributed by atoms with van der Waals surface area (Å²) in [5, 5.41) is 0. The van der Waals surface area contributed by atoms with Crippen LogP contribution in [0.2, 0.25) is 0 Å². The number of nitrogens with zero attached hydrogens (tertiary/aromatic N) is 2. The van der Waals surface area contributed by atoms with E-state index in [1.54, 1.807) is 0 Å². The molecular formula is C11H16N2S. The Morgan fingerprint density at radius 3 is 2.50 bits per heavy atom. The van der Waals surface area contributed by atoms with Gasteiger partial charge in [0.25, 0.3) is 0 Å². The van der Waals surface area contributed by atoms with Gasteiger partial charge in [0, 0.05) is 23.0 Å². The van der Waals surface area contributed by atoms with Crippen molar-refractivity contribution in [2.24, 2.45) is 0 Å². The number of fused-ring (bicyclic) bond motifs is 1. The summed E-state index contributed by atoms with van der Waals surface area (Å²) in [6.45, 7) is 8.98. The molecule has 0 unspecified atom stereocenters. The Bertz CT molecular complexity index is 437. The van der Waals surface area contributed by atoms with Gasteiger partial charge in [-0.05, 0) is 11.8 Å². The highest BCUT2D eigenvalue weighted by atomic mass is 32.1. The highest BCUT2D eigenvalue weighted by Crippen LogP contribution is 2.33. The Labute approximate surface area is 88.6 Å². The highest BCUT2D eigenvalue weighted by Gasteiger charge is 2.17. The van der Waals surface area contributed by atoms with Gasteiger partial charge in [0.05, 0.1) is 0 Å². The molecule has 2 aromatic heterocycles. The molecule has 0 atom stereocenters. The molecule has 3 heteroatoms. The first-order chi connectivity index (χ1) is 6.61. The van der Waals surface area contributed by atoms with Gasteiger partial charge in [-0.3, -0.25) is 4.40 Å². The second-order valence-electron chi connectivity index (χ2n) is 4.24. The van der Waals surface area contributed by atoms with E-state index in [0.717, 1.165) is 4.96 Å². The fourth-order valence-corrected chi connectivity index (χ4v) is 3.04. The zero-order chi connectivity index (χ0) is 10.3. The Hall–Kier alpha value is -0.830. The minimum atomic E-state index is 0.565. The lowest BCUT2D eigenvalue weighted by atomic mass is 10.0. The number of aromatic nitrogens is 2. The van der Waals surface area contributed by atoms with Crippen molar-refractivity contribution in [3.05, 3.63) is 23.0 Å². The molecule has 0 amide bonds.